The van der Waals surface area contributed by atoms with Crippen LogP contribution < -0.4 is 0 Å². The molecular weight excluding hydrogens is 318 g/mol. The van der Waals surface area contributed by atoms with Crippen molar-refractivity contribution in [1.29, 1.82) is 0 Å². The second-order valence-corrected chi connectivity index (χ2v) is 5.92. The van der Waals surface area contributed by atoms with Crippen LogP contribution in [0, 0.1) is 0 Å². The number of esters is 1. The number of rotatable bonds is 4. The SMILES string of the molecule is COC(=O)[C@@H]1CN(C(=O)CSC)CCN1C(=O)c1cccnc1. The number of hydrogen-bond donors (Lipinski definition) is 0. The number of pyridine rings is 1. The molecule has 1 aromatic heterocycles. The highest BCUT2D eigenvalue weighted by atomic mass is 32.2. The lowest BCUT2D eigenvalue weighted by molar-refractivity contribution is -0.149. The molecule has 1 saturated heterocycles. The molecule has 1 atom stereocenters. The summed E-state index contributed by atoms with van der Waals surface area (Å²) in [4.78, 5) is 43.7. The van der Waals surface area contributed by atoms with Gasteiger partial charge in [0.25, 0.3) is 5.91 Å². The Hall–Kier alpha value is -2.09. The highest BCUT2D eigenvalue weighted by Gasteiger charge is 2.37. The Kier molecular flexibility index (Phi) is 5.97. The van der Waals surface area contributed by atoms with Gasteiger partial charge in [0, 0.05) is 25.5 Å². The molecule has 0 spiro atoms. The third-order valence-electron chi connectivity index (χ3n) is 3.64. The molecule has 2 heterocycles. The topological polar surface area (TPSA) is 79.8 Å². The number of methoxy groups -OCH3 is 1. The Balaban J connectivity index is 2.18. The lowest BCUT2D eigenvalue weighted by Crippen LogP contribution is -2.59. The molecule has 2 rings (SSSR count). The van der Waals surface area contributed by atoms with Crippen molar-refractivity contribution in [2.24, 2.45) is 0 Å². The highest BCUT2D eigenvalue weighted by Crippen LogP contribution is 2.16. The summed E-state index contributed by atoms with van der Waals surface area (Å²) in [5.74, 6) is -0.501. The molecular formula is C15H19N3O4S. The van der Waals surface area contributed by atoms with E-state index in [1.165, 1.54) is 30.0 Å². The second kappa shape index (κ2) is 7.96. The summed E-state index contributed by atoms with van der Waals surface area (Å²) in [7, 11) is 1.28. The molecule has 0 saturated carbocycles. The van der Waals surface area contributed by atoms with Crippen LogP contribution in [0.15, 0.2) is 24.5 Å². The Labute approximate surface area is 139 Å². The molecule has 0 bridgehead atoms. The Bertz CT molecular complexity index is 581. The monoisotopic (exact) mass is 337 g/mol. The molecule has 1 aliphatic heterocycles. The molecule has 0 N–H and O–H groups in total. The summed E-state index contributed by atoms with van der Waals surface area (Å²) in [5, 5.41) is 0. The van der Waals surface area contributed by atoms with Crippen molar-refractivity contribution in [2.45, 2.75) is 6.04 Å². The number of hydrogen-bond acceptors (Lipinski definition) is 6. The van der Waals surface area contributed by atoms with E-state index in [4.69, 9.17) is 4.74 Å². The third-order valence-corrected chi connectivity index (χ3v) is 4.18. The second-order valence-electron chi connectivity index (χ2n) is 5.05. The van der Waals surface area contributed by atoms with Crippen LogP contribution in [0.2, 0.25) is 0 Å². The average molecular weight is 337 g/mol. The Morgan fingerprint density at radius 2 is 2.17 bits per heavy atom. The van der Waals surface area contributed by atoms with Gasteiger partial charge in [0.1, 0.15) is 6.04 Å². The van der Waals surface area contributed by atoms with E-state index in [9.17, 15) is 14.4 Å². The van der Waals surface area contributed by atoms with Crippen LogP contribution >= 0.6 is 11.8 Å². The number of nitrogens with zero attached hydrogens (tertiary/aromatic N) is 3. The minimum absolute atomic E-state index is 0.0418. The van der Waals surface area contributed by atoms with Crippen molar-refractivity contribution in [3.63, 3.8) is 0 Å². The smallest absolute Gasteiger partial charge is 0.330 e. The van der Waals surface area contributed by atoms with E-state index in [2.05, 4.69) is 4.98 Å². The molecule has 8 heteroatoms. The summed E-state index contributed by atoms with van der Waals surface area (Å²) in [5.41, 5.74) is 0.408. The number of thioether (sulfide) groups is 1. The summed E-state index contributed by atoms with van der Waals surface area (Å²) >= 11 is 1.43. The van der Waals surface area contributed by atoms with Crippen molar-refractivity contribution < 1.29 is 19.1 Å². The molecule has 0 unspecified atom stereocenters. The van der Waals surface area contributed by atoms with Crippen molar-refractivity contribution in [1.82, 2.24) is 14.8 Å². The predicted octanol–water partition coefficient (Wildman–Crippen LogP) is 0.271. The van der Waals surface area contributed by atoms with Gasteiger partial charge in [-0.05, 0) is 18.4 Å². The lowest BCUT2D eigenvalue weighted by atomic mass is 10.1. The van der Waals surface area contributed by atoms with Crippen molar-refractivity contribution in [2.75, 3.05) is 38.8 Å². The molecule has 1 aromatic rings. The summed E-state index contributed by atoms with van der Waals surface area (Å²) in [6, 6.07) is 2.51. The molecule has 0 radical (unpaired) electrons. The minimum Gasteiger partial charge on any atom is -0.467 e. The van der Waals surface area contributed by atoms with Gasteiger partial charge < -0.3 is 14.5 Å². The predicted molar refractivity (Wildman–Crippen MR) is 86.0 cm³/mol. The van der Waals surface area contributed by atoms with Crippen LogP contribution in [0.3, 0.4) is 0 Å². The normalized spacial score (nSPS) is 17.7. The summed E-state index contributed by atoms with van der Waals surface area (Å²) in [6.45, 7) is 0.838. The van der Waals surface area contributed by atoms with Gasteiger partial charge in [-0.1, -0.05) is 0 Å². The molecule has 124 valence electrons. The molecule has 23 heavy (non-hydrogen) atoms. The van der Waals surface area contributed by atoms with E-state index in [0.717, 1.165) is 0 Å². The number of carbonyl (C=O) groups is 3. The number of aromatic nitrogens is 1. The van der Waals surface area contributed by atoms with Crippen LogP contribution in [-0.2, 0) is 14.3 Å². The van der Waals surface area contributed by atoms with E-state index in [-0.39, 0.29) is 24.9 Å². The van der Waals surface area contributed by atoms with E-state index < -0.39 is 12.0 Å². The van der Waals surface area contributed by atoms with Crippen molar-refractivity contribution in [3.8, 4) is 0 Å². The highest BCUT2D eigenvalue weighted by molar-refractivity contribution is 7.99. The van der Waals surface area contributed by atoms with Crippen LogP contribution in [0.5, 0.6) is 0 Å². The van der Waals surface area contributed by atoms with Gasteiger partial charge in [-0.25, -0.2) is 4.79 Å². The quantitative estimate of drug-likeness (QED) is 0.734. The fraction of sp³-hybridized carbons (Fsp3) is 0.467. The Morgan fingerprint density at radius 3 is 2.78 bits per heavy atom. The maximum Gasteiger partial charge on any atom is 0.330 e. The number of carbonyl (C=O) groups excluding carboxylic acids is 3. The summed E-state index contributed by atoms with van der Waals surface area (Å²) in [6.07, 6.45) is 4.88. The van der Waals surface area contributed by atoms with Crippen LogP contribution in [0.1, 0.15) is 10.4 Å². The summed E-state index contributed by atoms with van der Waals surface area (Å²) < 4.78 is 4.80. The molecule has 2 amide bonds. The molecule has 0 aromatic carbocycles. The average Bonchev–Trinajstić information content (AvgIpc) is 2.60. The Morgan fingerprint density at radius 1 is 1.39 bits per heavy atom. The zero-order valence-electron chi connectivity index (χ0n) is 13.1. The van der Waals surface area contributed by atoms with E-state index >= 15 is 0 Å². The molecule has 0 aliphatic carbocycles. The van der Waals surface area contributed by atoms with Gasteiger partial charge in [-0.15, -0.1) is 0 Å². The van der Waals surface area contributed by atoms with Gasteiger partial charge in [-0.2, -0.15) is 11.8 Å². The minimum atomic E-state index is -0.799. The maximum atomic E-state index is 12.6. The van der Waals surface area contributed by atoms with Crippen molar-refractivity contribution in [3.05, 3.63) is 30.1 Å². The fourth-order valence-corrected chi connectivity index (χ4v) is 2.89. The number of piperazine rings is 1. The van der Waals surface area contributed by atoms with E-state index in [0.29, 0.717) is 17.9 Å². The lowest BCUT2D eigenvalue weighted by Gasteiger charge is -2.39. The van der Waals surface area contributed by atoms with Gasteiger partial charge in [-0.3, -0.25) is 14.6 Å². The first-order valence-corrected chi connectivity index (χ1v) is 8.53. The van der Waals surface area contributed by atoms with Crippen LogP contribution in [0.4, 0.5) is 0 Å². The first kappa shape index (κ1) is 17.3. The van der Waals surface area contributed by atoms with Crippen LogP contribution in [0.25, 0.3) is 0 Å². The molecule has 1 aliphatic rings. The van der Waals surface area contributed by atoms with Gasteiger partial charge in [0.05, 0.1) is 25.0 Å². The van der Waals surface area contributed by atoms with Gasteiger partial charge >= 0.3 is 5.97 Å². The third kappa shape index (κ3) is 4.01. The van der Waals surface area contributed by atoms with Crippen LogP contribution in [-0.4, -0.2) is 77.4 Å². The fourth-order valence-electron chi connectivity index (χ4n) is 2.46. The maximum absolute atomic E-state index is 12.6. The van der Waals surface area contributed by atoms with E-state index in [1.807, 2.05) is 6.26 Å². The molecule has 1 fully saturated rings. The standard InChI is InChI=1S/C15H19N3O4S/c1-22-15(21)12-9-17(13(19)10-23-2)6-7-18(12)14(20)11-4-3-5-16-8-11/h3-5,8,12H,6-7,9-10H2,1-2H3/t12-/m0/s1. The van der Waals surface area contributed by atoms with Crippen molar-refractivity contribution >= 4 is 29.5 Å². The zero-order valence-corrected chi connectivity index (χ0v) is 13.9. The van der Waals surface area contributed by atoms with Gasteiger partial charge in [0.2, 0.25) is 5.91 Å². The largest absolute Gasteiger partial charge is 0.467 e. The number of amides is 2. The first-order valence-electron chi connectivity index (χ1n) is 7.14. The molecule has 7 nitrogen and oxygen atoms in total. The van der Waals surface area contributed by atoms with E-state index in [1.54, 1.807) is 23.2 Å². The number of ether oxygens (including phenoxy) is 1. The first-order chi connectivity index (χ1) is 11.1. The van der Waals surface area contributed by atoms with Gasteiger partial charge in [0.15, 0.2) is 0 Å². The zero-order chi connectivity index (χ0) is 16.8.